The number of pyridine rings is 1. The fourth-order valence-electron chi connectivity index (χ4n) is 6.04. The lowest BCUT2D eigenvalue weighted by atomic mass is 9.70. The quantitative estimate of drug-likeness (QED) is 0.493. The van der Waals surface area contributed by atoms with Crippen LogP contribution >= 0.6 is 0 Å². The van der Waals surface area contributed by atoms with Crippen molar-refractivity contribution in [3.63, 3.8) is 0 Å². The van der Waals surface area contributed by atoms with E-state index in [2.05, 4.69) is 13.8 Å². The maximum atomic E-state index is 15.2. The molecule has 35 heavy (non-hydrogen) atoms. The van der Waals surface area contributed by atoms with E-state index in [0.29, 0.717) is 56.1 Å². The Hall–Kier alpha value is -2.03. The summed E-state index contributed by atoms with van der Waals surface area (Å²) >= 11 is 0. The second kappa shape index (κ2) is 8.25. The molecule has 2 aromatic rings. The molecule has 190 valence electrons. The van der Waals surface area contributed by atoms with Gasteiger partial charge in [0.2, 0.25) is 0 Å². The topological polar surface area (TPSA) is 54.4 Å². The molecule has 1 aromatic carbocycles. The monoisotopic (exact) mass is 492 g/mol. The van der Waals surface area contributed by atoms with Crippen molar-refractivity contribution in [2.45, 2.75) is 83.3 Å². The van der Waals surface area contributed by atoms with Crippen molar-refractivity contribution >= 4 is 0 Å². The predicted octanol–water partition coefficient (Wildman–Crippen LogP) is 5.86. The minimum absolute atomic E-state index is 0.0323. The van der Waals surface area contributed by atoms with Crippen molar-refractivity contribution in [3.8, 4) is 0 Å². The predicted molar refractivity (Wildman–Crippen MR) is 119 cm³/mol. The van der Waals surface area contributed by atoms with Crippen LogP contribution < -0.4 is 5.11 Å². The second-order valence-electron chi connectivity index (χ2n) is 11.2. The molecule has 5 rings (SSSR count). The Labute approximate surface area is 202 Å². The van der Waals surface area contributed by atoms with Gasteiger partial charge < -0.3 is 14.6 Å². The molecule has 0 amide bonds. The number of aromatic nitrogens is 1. The molecule has 1 saturated heterocycles. The standard InChI is InChI=1S/C27H30F4NO3/c1-14(2)23-21-22(20-18(32-23)12-25(3,4)13-19(20)33)26(7-9-34-10-8-26)35-24(21)16-6-5-15(11-17(16)28)27(29,30)31/h5-6,11,14,19,24H,7-10,12-13H2,1-4H3/q-1/t19?,24-/m1/s1. The van der Waals surface area contributed by atoms with Gasteiger partial charge in [0.05, 0.1) is 11.2 Å². The van der Waals surface area contributed by atoms with Crippen LogP contribution in [0.5, 0.6) is 0 Å². The zero-order valence-corrected chi connectivity index (χ0v) is 20.4. The number of fused-ring (bicyclic) bond motifs is 4. The summed E-state index contributed by atoms with van der Waals surface area (Å²) in [6.45, 7) is 8.92. The maximum absolute atomic E-state index is 15.2. The fraction of sp³-hybridized carbons (Fsp3) is 0.593. The normalized spacial score (nSPS) is 25.1. The molecular formula is C27H30F4NO3-. The number of hydrogen-bond acceptors (Lipinski definition) is 4. The van der Waals surface area contributed by atoms with E-state index in [-0.39, 0.29) is 16.9 Å². The molecule has 1 aliphatic carbocycles. The Morgan fingerprint density at radius 3 is 2.40 bits per heavy atom. The highest BCUT2D eigenvalue weighted by molar-refractivity contribution is 5.54. The molecule has 1 spiro atoms. The molecule has 3 aliphatic rings. The van der Waals surface area contributed by atoms with Gasteiger partial charge in [-0.3, -0.25) is 4.98 Å². The molecule has 4 nitrogen and oxygen atoms in total. The molecule has 0 bridgehead atoms. The highest BCUT2D eigenvalue weighted by Gasteiger charge is 2.51. The van der Waals surface area contributed by atoms with E-state index in [9.17, 15) is 18.3 Å². The lowest BCUT2D eigenvalue weighted by Gasteiger charge is -2.44. The van der Waals surface area contributed by atoms with Crippen LogP contribution in [0.1, 0.15) is 104 Å². The van der Waals surface area contributed by atoms with Gasteiger partial charge in [-0.05, 0) is 41.0 Å². The second-order valence-corrected chi connectivity index (χ2v) is 11.2. The summed E-state index contributed by atoms with van der Waals surface area (Å²) < 4.78 is 67.1. The number of benzene rings is 1. The number of rotatable bonds is 2. The lowest BCUT2D eigenvalue weighted by molar-refractivity contribution is -0.434. The summed E-state index contributed by atoms with van der Waals surface area (Å²) in [6, 6.07) is 2.57. The van der Waals surface area contributed by atoms with Gasteiger partial charge in [0.25, 0.3) is 0 Å². The smallest absolute Gasteiger partial charge is 0.416 e. The van der Waals surface area contributed by atoms with Crippen molar-refractivity contribution in [2.75, 3.05) is 13.2 Å². The van der Waals surface area contributed by atoms with Gasteiger partial charge in [-0.15, -0.1) is 0 Å². The molecule has 8 heteroatoms. The van der Waals surface area contributed by atoms with Crippen LogP contribution in [-0.4, -0.2) is 18.2 Å². The summed E-state index contributed by atoms with van der Waals surface area (Å²) in [7, 11) is 0. The largest absolute Gasteiger partial charge is 0.848 e. The molecular weight excluding hydrogens is 462 g/mol. The summed E-state index contributed by atoms with van der Waals surface area (Å²) in [4.78, 5) is 4.96. The van der Waals surface area contributed by atoms with Crippen molar-refractivity contribution in [2.24, 2.45) is 5.41 Å². The highest BCUT2D eigenvalue weighted by Crippen LogP contribution is 2.57. The molecule has 2 aliphatic heterocycles. The first kappa shape index (κ1) is 24.7. The molecule has 3 heterocycles. The average molecular weight is 493 g/mol. The minimum atomic E-state index is -4.65. The van der Waals surface area contributed by atoms with E-state index in [1.807, 2.05) is 13.8 Å². The third-order valence-corrected chi connectivity index (χ3v) is 7.61. The van der Waals surface area contributed by atoms with Crippen LogP contribution in [-0.2, 0) is 27.7 Å². The van der Waals surface area contributed by atoms with Gasteiger partial charge in [-0.1, -0.05) is 46.3 Å². The molecule has 0 radical (unpaired) electrons. The Morgan fingerprint density at radius 2 is 1.80 bits per heavy atom. The fourth-order valence-corrected chi connectivity index (χ4v) is 6.04. The van der Waals surface area contributed by atoms with Gasteiger partial charge >= 0.3 is 6.18 Å². The number of alkyl halides is 3. The Kier molecular flexibility index (Phi) is 5.81. The Bertz CT molecular complexity index is 1150. The van der Waals surface area contributed by atoms with Gasteiger partial charge in [-0.25, -0.2) is 4.39 Å². The van der Waals surface area contributed by atoms with E-state index >= 15 is 4.39 Å². The van der Waals surface area contributed by atoms with Crippen molar-refractivity contribution < 1.29 is 32.1 Å². The Morgan fingerprint density at radius 1 is 1.11 bits per heavy atom. The van der Waals surface area contributed by atoms with E-state index < -0.39 is 35.4 Å². The number of nitrogens with zero attached hydrogens (tertiary/aromatic N) is 1. The summed E-state index contributed by atoms with van der Waals surface area (Å²) in [6.07, 6.45) is -4.52. The SMILES string of the molecule is CC(C)c1nc2c(c3c1[C@@H](c1ccc(C(F)(F)F)cc1F)OC31CCOCC1)C([O-])CC(C)(C)C2. The molecule has 1 aromatic heterocycles. The van der Waals surface area contributed by atoms with E-state index in [4.69, 9.17) is 14.5 Å². The highest BCUT2D eigenvalue weighted by atomic mass is 19.4. The van der Waals surface area contributed by atoms with Crippen molar-refractivity contribution in [3.05, 3.63) is 63.2 Å². The van der Waals surface area contributed by atoms with E-state index in [1.54, 1.807) is 0 Å². The minimum Gasteiger partial charge on any atom is -0.848 e. The van der Waals surface area contributed by atoms with Gasteiger partial charge in [-0.2, -0.15) is 13.2 Å². The summed E-state index contributed by atoms with van der Waals surface area (Å²) in [5, 5.41) is 13.6. The van der Waals surface area contributed by atoms with E-state index in [0.717, 1.165) is 29.1 Å². The van der Waals surface area contributed by atoms with Crippen LogP contribution in [0.3, 0.4) is 0 Å². The molecule has 1 fully saturated rings. The van der Waals surface area contributed by atoms with Crippen LogP contribution in [0.25, 0.3) is 0 Å². The maximum Gasteiger partial charge on any atom is 0.416 e. The number of hydrogen-bond donors (Lipinski definition) is 0. The molecule has 2 atom stereocenters. The lowest BCUT2D eigenvalue weighted by Crippen LogP contribution is -2.39. The number of halogens is 4. The van der Waals surface area contributed by atoms with Crippen LogP contribution in [0.15, 0.2) is 18.2 Å². The molecule has 1 unspecified atom stereocenters. The first-order valence-electron chi connectivity index (χ1n) is 12.2. The third kappa shape index (κ3) is 4.07. The Balaban J connectivity index is 1.77. The van der Waals surface area contributed by atoms with Gasteiger partial charge in [0.15, 0.2) is 0 Å². The van der Waals surface area contributed by atoms with Crippen LogP contribution in [0, 0.1) is 11.2 Å². The first-order chi connectivity index (χ1) is 16.3. The van der Waals surface area contributed by atoms with Crippen LogP contribution in [0.2, 0.25) is 0 Å². The van der Waals surface area contributed by atoms with Crippen LogP contribution in [0.4, 0.5) is 17.6 Å². The third-order valence-electron chi connectivity index (χ3n) is 7.61. The van der Waals surface area contributed by atoms with E-state index in [1.165, 1.54) is 0 Å². The summed E-state index contributed by atoms with van der Waals surface area (Å²) in [5.74, 6) is -1.03. The zero-order valence-electron chi connectivity index (χ0n) is 20.4. The van der Waals surface area contributed by atoms with Crippen molar-refractivity contribution in [1.29, 1.82) is 0 Å². The molecule has 0 saturated carbocycles. The van der Waals surface area contributed by atoms with Gasteiger partial charge in [0, 0.05) is 48.6 Å². The average Bonchev–Trinajstić information content (AvgIpc) is 3.05. The zero-order chi connectivity index (χ0) is 25.3. The summed E-state index contributed by atoms with van der Waals surface area (Å²) in [5.41, 5.74) is 1.50. The first-order valence-corrected chi connectivity index (χ1v) is 12.2. The van der Waals surface area contributed by atoms with Crippen molar-refractivity contribution in [1.82, 2.24) is 4.98 Å². The number of ether oxygens (including phenoxy) is 2. The molecule has 0 N–H and O–H groups in total. The van der Waals surface area contributed by atoms with Gasteiger partial charge in [0.1, 0.15) is 11.9 Å².